The van der Waals surface area contributed by atoms with Crippen LogP contribution in [0.15, 0.2) is 12.1 Å². The maximum atomic E-state index is 11.6. The van der Waals surface area contributed by atoms with Crippen LogP contribution in [-0.4, -0.2) is 26.8 Å². The third-order valence-electron chi connectivity index (χ3n) is 1.97. The summed E-state index contributed by atoms with van der Waals surface area (Å²) in [6.07, 6.45) is 0. The molecule has 16 heavy (non-hydrogen) atoms. The van der Waals surface area contributed by atoms with Crippen molar-refractivity contribution in [2.75, 3.05) is 20.8 Å². The van der Waals surface area contributed by atoms with Crippen LogP contribution in [0.4, 0.5) is 0 Å². The smallest absolute Gasteiger partial charge is 0.342 e. The molecule has 0 amide bonds. The maximum Gasteiger partial charge on any atom is 0.342 e. The maximum absolute atomic E-state index is 11.6. The molecule has 0 aliphatic carbocycles. The second-order valence-electron chi connectivity index (χ2n) is 2.88. The van der Waals surface area contributed by atoms with Gasteiger partial charge in [-0.1, -0.05) is 0 Å². The van der Waals surface area contributed by atoms with Gasteiger partial charge in [0.05, 0.1) is 24.4 Å². The van der Waals surface area contributed by atoms with E-state index in [1.807, 2.05) is 0 Å². The van der Waals surface area contributed by atoms with Crippen LogP contribution in [0.1, 0.15) is 17.3 Å². The molecule has 0 aliphatic rings. The molecule has 0 aliphatic heterocycles. The Hall–Kier alpha value is -0.980. The third-order valence-corrected chi connectivity index (χ3v) is 2.82. The highest BCUT2D eigenvalue weighted by molar-refractivity contribution is 14.1. The van der Waals surface area contributed by atoms with Gasteiger partial charge in [-0.2, -0.15) is 0 Å². The molecule has 0 radical (unpaired) electrons. The van der Waals surface area contributed by atoms with Crippen LogP contribution in [0.25, 0.3) is 0 Å². The number of hydrogen-bond donors (Lipinski definition) is 0. The van der Waals surface area contributed by atoms with Gasteiger partial charge in [-0.15, -0.1) is 0 Å². The van der Waals surface area contributed by atoms with E-state index >= 15 is 0 Å². The second-order valence-corrected chi connectivity index (χ2v) is 4.04. The van der Waals surface area contributed by atoms with Crippen molar-refractivity contribution in [2.24, 2.45) is 0 Å². The highest BCUT2D eigenvalue weighted by Crippen LogP contribution is 2.35. The monoisotopic (exact) mass is 336 g/mol. The largest absolute Gasteiger partial charge is 0.492 e. The van der Waals surface area contributed by atoms with Crippen molar-refractivity contribution in [1.82, 2.24) is 0 Å². The molecule has 0 N–H and O–H groups in total. The fourth-order valence-electron chi connectivity index (χ4n) is 1.30. The van der Waals surface area contributed by atoms with Gasteiger partial charge in [0.2, 0.25) is 0 Å². The number of carbonyl (C=O) groups is 1. The first-order valence-corrected chi connectivity index (χ1v) is 5.81. The summed E-state index contributed by atoms with van der Waals surface area (Å²) in [5.74, 6) is 0.551. The van der Waals surface area contributed by atoms with E-state index in [9.17, 15) is 4.79 Å². The van der Waals surface area contributed by atoms with Gasteiger partial charge in [-0.25, -0.2) is 4.79 Å². The van der Waals surface area contributed by atoms with Crippen molar-refractivity contribution in [3.8, 4) is 11.5 Å². The Morgan fingerprint density at radius 3 is 2.38 bits per heavy atom. The Balaban J connectivity index is 3.24. The average Bonchev–Trinajstić information content (AvgIpc) is 2.28. The zero-order chi connectivity index (χ0) is 12.1. The Labute approximate surface area is 108 Å². The summed E-state index contributed by atoms with van der Waals surface area (Å²) in [6.45, 7) is 2.09. The van der Waals surface area contributed by atoms with Crippen LogP contribution in [-0.2, 0) is 4.74 Å². The van der Waals surface area contributed by atoms with Crippen LogP contribution in [0, 0.1) is 3.57 Å². The van der Waals surface area contributed by atoms with Gasteiger partial charge in [0, 0.05) is 0 Å². The molecule has 1 aromatic rings. The zero-order valence-electron chi connectivity index (χ0n) is 9.37. The summed E-state index contributed by atoms with van der Waals surface area (Å²) in [4.78, 5) is 11.6. The summed E-state index contributed by atoms with van der Waals surface area (Å²) in [5, 5.41) is 0. The fraction of sp³-hybridized carbons (Fsp3) is 0.364. The molecule has 0 saturated carbocycles. The van der Waals surface area contributed by atoms with Gasteiger partial charge < -0.3 is 14.2 Å². The van der Waals surface area contributed by atoms with Crippen LogP contribution in [0.2, 0.25) is 0 Å². The molecule has 0 atom stereocenters. The summed E-state index contributed by atoms with van der Waals surface area (Å²) in [7, 11) is 3.03. The zero-order valence-corrected chi connectivity index (χ0v) is 11.5. The molecule has 0 bridgehead atoms. The minimum atomic E-state index is -0.408. The molecule has 1 aromatic carbocycles. The average molecular weight is 336 g/mol. The molecule has 0 aromatic heterocycles. The number of benzene rings is 1. The SMILES string of the molecule is CCOC(=O)c1ccc(I)c(OC)c1OC. The second kappa shape index (κ2) is 5.93. The van der Waals surface area contributed by atoms with Crippen LogP contribution in [0.3, 0.4) is 0 Å². The van der Waals surface area contributed by atoms with Crippen molar-refractivity contribution >= 4 is 28.6 Å². The minimum absolute atomic E-state index is 0.330. The Kier molecular flexibility index (Phi) is 4.85. The molecule has 0 fully saturated rings. The van der Waals surface area contributed by atoms with E-state index in [1.54, 1.807) is 19.1 Å². The Morgan fingerprint density at radius 2 is 1.88 bits per heavy atom. The van der Waals surface area contributed by atoms with Crippen molar-refractivity contribution < 1.29 is 19.0 Å². The van der Waals surface area contributed by atoms with Crippen molar-refractivity contribution in [3.63, 3.8) is 0 Å². The topological polar surface area (TPSA) is 44.8 Å². The molecular weight excluding hydrogens is 323 g/mol. The van der Waals surface area contributed by atoms with Gasteiger partial charge in [0.1, 0.15) is 5.56 Å². The molecule has 1 rings (SSSR count). The lowest BCUT2D eigenvalue weighted by Crippen LogP contribution is -2.08. The quantitative estimate of drug-likeness (QED) is 0.626. The van der Waals surface area contributed by atoms with Gasteiger partial charge in [-0.05, 0) is 41.6 Å². The van der Waals surface area contributed by atoms with Crippen molar-refractivity contribution in [2.45, 2.75) is 6.92 Å². The number of hydrogen-bond acceptors (Lipinski definition) is 4. The Morgan fingerprint density at radius 1 is 1.25 bits per heavy atom. The molecule has 88 valence electrons. The number of halogens is 1. The highest BCUT2D eigenvalue weighted by atomic mass is 127. The first kappa shape index (κ1) is 13.1. The standard InChI is InChI=1S/C11H13IO4/c1-4-16-11(13)7-5-6-8(12)10(15-3)9(7)14-2/h5-6H,4H2,1-3H3. The minimum Gasteiger partial charge on any atom is -0.492 e. The fourth-order valence-corrected chi connectivity index (χ4v) is 1.95. The number of methoxy groups -OCH3 is 2. The van der Waals surface area contributed by atoms with E-state index in [0.717, 1.165) is 3.57 Å². The molecule has 0 unspecified atom stereocenters. The van der Waals surface area contributed by atoms with Gasteiger partial charge in [-0.3, -0.25) is 0 Å². The first-order valence-electron chi connectivity index (χ1n) is 4.73. The van der Waals surface area contributed by atoms with Gasteiger partial charge in [0.15, 0.2) is 11.5 Å². The van der Waals surface area contributed by atoms with E-state index in [4.69, 9.17) is 14.2 Å². The summed E-state index contributed by atoms with van der Waals surface area (Å²) in [6, 6.07) is 3.45. The highest BCUT2D eigenvalue weighted by Gasteiger charge is 2.19. The lowest BCUT2D eigenvalue weighted by Gasteiger charge is -2.13. The molecule has 5 heteroatoms. The number of carbonyl (C=O) groups excluding carboxylic acids is 1. The van der Waals surface area contributed by atoms with E-state index < -0.39 is 5.97 Å². The predicted octanol–water partition coefficient (Wildman–Crippen LogP) is 2.49. The number of esters is 1. The normalized spacial score (nSPS) is 9.75. The van der Waals surface area contributed by atoms with Gasteiger partial charge >= 0.3 is 5.97 Å². The Bertz CT molecular complexity index is 390. The van der Waals surface area contributed by atoms with Crippen LogP contribution < -0.4 is 9.47 Å². The van der Waals surface area contributed by atoms with E-state index in [0.29, 0.717) is 23.7 Å². The summed E-state index contributed by atoms with van der Waals surface area (Å²) in [5.41, 5.74) is 0.376. The molecular formula is C11H13IO4. The van der Waals surface area contributed by atoms with Gasteiger partial charge in [0.25, 0.3) is 0 Å². The van der Waals surface area contributed by atoms with Crippen molar-refractivity contribution in [3.05, 3.63) is 21.3 Å². The summed E-state index contributed by atoms with van der Waals surface area (Å²) < 4.78 is 16.2. The predicted molar refractivity (Wildman–Crippen MR) is 68.2 cm³/mol. The molecule has 4 nitrogen and oxygen atoms in total. The summed E-state index contributed by atoms with van der Waals surface area (Å²) >= 11 is 2.11. The van der Waals surface area contributed by atoms with Crippen LogP contribution >= 0.6 is 22.6 Å². The number of ether oxygens (including phenoxy) is 3. The van der Waals surface area contributed by atoms with E-state index in [2.05, 4.69) is 22.6 Å². The first-order chi connectivity index (χ1) is 7.65. The lowest BCUT2D eigenvalue weighted by atomic mass is 10.2. The van der Waals surface area contributed by atoms with Crippen molar-refractivity contribution in [1.29, 1.82) is 0 Å². The van der Waals surface area contributed by atoms with E-state index in [-0.39, 0.29) is 0 Å². The van der Waals surface area contributed by atoms with Crippen LogP contribution in [0.5, 0.6) is 11.5 Å². The number of rotatable bonds is 4. The third kappa shape index (κ3) is 2.58. The van der Waals surface area contributed by atoms with E-state index in [1.165, 1.54) is 14.2 Å². The molecule has 0 saturated heterocycles. The molecule has 0 heterocycles. The lowest BCUT2D eigenvalue weighted by molar-refractivity contribution is 0.0522. The molecule has 0 spiro atoms.